The van der Waals surface area contributed by atoms with Crippen molar-refractivity contribution in [3.05, 3.63) is 59.4 Å². The van der Waals surface area contributed by atoms with E-state index >= 15 is 0 Å². The van der Waals surface area contributed by atoms with Crippen LogP contribution < -0.4 is 0 Å². The van der Waals surface area contributed by atoms with E-state index in [1.165, 1.54) is 20.7 Å². The fourth-order valence-electron chi connectivity index (χ4n) is 3.23. The summed E-state index contributed by atoms with van der Waals surface area (Å²) in [6, 6.07) is 9.91. The van der Waals surface area contributed by atoms with Crippen molar-refractivity contribution in [2.45, 2.75) is 30.1 Å². The summed E-state index contributed by atoms with van der Waals surface area (Å²) in [6.07, 6.45) is 0.379. The van der Waals surface area contributed by atoms with Gasteiger partial charge in [-0.25, -0.2) is 21.2 Å². The lowest BCUT2D eigenvalue weighted by Crippen LogP contribution is -2.37. The van der Waals surface area contributed by atoms with Gasteiger partial charge in [0.15, 0.2) is 0 Å². The number of rotatable bonds is 4. The van der Waals surface area contributed by atoms with Crippen LogP contribution in [0.1, 0.15) is 17.5 Å². The Labute approximate surface area is 165 Å². The van der Waals surface area contributed by atoms with Gasteiger partial charge in [-0.2, -0.15) is 8.61 Å². The lowest BCUT2D eigenvalue weighted by molar-refractivity contribution is 0.404. The first-order valence-electron chi connectivity index (χ1n) is 8.95. The highest BCUT2D eigenvalue weighted by Crippen LogP contribution is 2.24. The van der Waals surface area contributed by atoms with Crippen LogP contribution in [0.25, 0.3) is 0 Å². The lowest BCUT2D eigenvalue weighted by Gasteiger charge is -2.22. The maximum absolute atomic E-state index is 13.1. The van der Waals surface area contributed by atoms with Gasteiger partial charge in [0.05, 0.1) is 9.79 Å². The van der Waals surface area contributed by atoms with E-state index in [-0.39, 0.29) is 36.0 Å². The van der Waals surface area contributed by atoms with Crippen molar-refractivity contribution in [2.75, 3.05) is 26.2 Å². The standard InChI is InChI=1S/C19H23FN2O4S2/c1-15-4-5-16(2)19(14-15)28(25,26)22-11-3-10-21(12-13-22)27(23,24)18-8-6-17(20)7-9-18/h4-9,14H,3,10-13H2,1-2H3. The minimum Gasteiger partial charge on any atom is -0.207 e. The summed E-state index contributed by atoms with van der Waals surface area (Å²) in [5.74, 6) is -0.513. The van der Waals surface area contributed by atoms with E-state index in [1.54, 1.807) is 19.1 Å². The predicted molar refractivity (Wildman–Crippen MR) is 104 cm³/mol. The van der Waals surface area contributed by atoms with Gasteiger partial charge in [0.2, 0.25) is 20.0 Å². The molecule has 0 saturated carbocycles. The highest BCUT2D eigenvalue weighted by Gasteiger charge is 2.32. The van der Waals surface area contributed by atoms with Crippen LogP contribution in [0.15, 0.2) is 52.3 Å². The summed E-state index contributed by atoms with van der Waals surface area (Å²) in [5, 5.41) is 0. The van der Waals surface area contributed by atoms with Gasteiger partial charge in [-0.3, -0.25) is 0 Å². The monoisotopic (exact) mass is 426 g/mol. The Morgan fingerprint density at radius 3 is 1.96 bits per heavy atom. The molecule has 6 nitrogen and oxygen atoms in total. The van der Waals surface area contributed by atoms with Gasteiger partial charge >= 0.3 is 0 Å². The Morgan fingerprint density at radius 1 is 0.786 bits per heavy atom. The summed E-state index contributed by atoms with van der Waals surface area (Å²) in [5.41, 5.74) is 1.50. The van der Waals surface area contributed by atoms with E-state index in [1.807, 2.05) is 13.0 Å². The summed E-state index contributed by atoms with van der Waals surface area (Å²) in [7, 11) is -7.52. The number of aryl methyl sites for hydroxylation is 2. The molecule has 0 amide bonds. The average Bonchev–Trinajstić information content (AvgIpc) is 2.91. The second-order valence-electron chi connectivity index (χ2n) is 6.88. The molecule has 152 valence electrons. The highest BCUT2D eigenvalue weighted by molar-refractivity contribution is 7.89. The molecule has 1 fully saturated rings. The summed E-state index contributed by atoms with van der Waals surface area (Å²) in [6.45, 7) is 4.14. The van der Waals surface area contributed by atoms with E-state index in [0.29, 0.717) is 12.0 Å². The minimum absolute atomic E-state index is 0.000245. The van der Waals surface area contributed by atoms with Gasteiger partial charge in [-0.1, -0.05) is 12.1 Å². The molecule has 1 aliphatic rings. The van der Waals surface area contributed by atoms with Crippen molar-refractivity contribution in [2.24, 2.45) is 0 Å². The Morgan fingerprint density at radius 2 is 1.36 bits per heavy atom. The molecule has 2 aromatic carbocycles. The van der Waals surface area contributed by atoms with Crippen LogP contribution in [0.4, 0.5) is 4.39 Å². The number of nitrogens with zero attached hydrogens (tertiary/aromatic N) is 2. The predicted octanol–water partition coefficient (Wildman–Crippen LogP) is 2.53. The first-order chi connectivity index (χ1) is 13.1. The first-order valence-corrected chi connectivity index (χ1v) is 11.8. The molecule has 0 unspecified atom stereocenters. The minimum atomic E-state index is -3.81. The molecule has 28 heavy (non-hydrogen) atoms. The van der Waals surface area contributed by atoms with Gasteiger partial charge in [-0.05, 0) is 61.7 Å². The number of sulfonamides is 2. The van der Waals surface area contributed by atoms with Crippen LogP contribution in [0, 0.1) is 19.7 Å². The van der Waals surface area contributed by atoms with E-state index in [4.69, 9.17) is 0 Å². The first kappa shape index (κ1) is 20.9. The van der Waals surface area contributed by atoms with Crippen molar-refractivity contribution in [3.63, 3.8) is 0 Å². The maximum Gasteiger partial charge on any atom is 0.243 e. The molecule has 9 heteroatoms. The third-order valence-electron chi connectivity index (χ3n) is 4.83. The zero-order valence-electron chi connectivity index (χ0n) is 15.8. The van der Waals surface area contributed by atoms with Crippen molar-refractivity contribution >= 4 is 20.0 Å². The molecule has 0 aromatic heterocycles. The van der Waals surface area contributed by atoms with Crippen LogP contribution >= 0.6 is 0 Å². The van der Waals surface area contributed by atoms with Gasteiger partial charge in [0.1, 0.15) is 5.82 Å². The Kier molecular flexibility index (Phi) is 5.90. The fraction of sp³-hybridized carbons (Fsp3) is 0.368. The molecule has 2 aromatic rings. The molecular formula is C19H23FN2O4S2. The van der Waals surface area contributed by atoms with Crippen LogP contribution in [0.2, 0.25) is 0 Å². The van der Waals surface area contributed by atoms with Gasteiger partial charge < -0.3 is 0 Å². The van der Waals surface area contributed by atoms with E-state index < -0.39 is 25.9 Å². The zero-order valence-corrected chi connectivity index (χ0v) is 17.4. The average molecular weight is 427 g/mol. The second kappa shape index (κ2) is 7.90. The van der Waals surface area contributed by atoms with E-state index in [2.05, 4.69) is 0 Å². The van der Waals surface area contributed by atoms with Crippen LogP contribution in [0.3, 0.4) is 0 Å². The molecule has 0 atom stereocenters. The highest BCUT2D eigenvalue weighted by atomic mass is 32.2. The normalized spacial score (nSPS) is 17.4. The van der Waals surface area contributed by atoms with Crippen molar-refractivity contribution in [1.82, 2.24) is 8.61 Å². The molecule has 1 aliphatic heterocycles. The molecule has 0 bridgehead atoms. The van der Waals surface area contributed by atoms with E-state index in [9.17, 15) is 21.2 Å². The molecule has 1 heterocycles. The van der Waals surface area contributed by atoms with Crippen molar-refractivity contribution < 1.29 is 21.2 Å². The summed E-state index contributed by atoms with van der Waals surface area (Å²) >= 11 is 0. The molecular weight excluding hydrogens is 403 g/mol. The molecule has 0 spiro atoms. The fourth-order valence-corrected chi connectivity index (χ4v) is 6.48. The molecule has 0 N–H and O–H groups in total. The number of hydrogen-bond donors (Lipinski definition) is 0. The van der Waals surface area contributed by atoms with Crippen LogP contribution in [-0.4, -0.2) is 51.6 Å². The largest absolute Gasteiger partial charge is 0.243 e. The zero-order chi connectivity index (χ0) is 20.5. The lowest BCUT2D eigenvalue weighted by atomic mass is 10.2. The van der Waals surface area contributed by atoms with Gasteiger partial charge in [0.25, 0.3) is 0 Å². The maximum atomic E-state index is 13.1. The van der Waals surface area contributed by atoms with Crippen molar-refractivity contribution in [1.29, 1.82) is 0 Å². The molecule has 1 saturated heterocycles. The molecule has 0 radical (unpaired) electrons. The summed E-state index contributed by atoms with van der Waals surface area (Å²) < 4.78 is 67.5. The van der Waals surface area contributed by atoms with Gasteiger partial charge in [-0.15, -0.1) is 0 Å². The molecule has 0 aliphatic carbocycles. The number of benzene rings is 2. The third-order valence-corrected chi connectivity index (χ3v) is 8.78. The Hall–Kier alpha value is -1.81. The smallest absolute Gasteiger partial charge is 0.207 e. The van der Waals surface area contributed by atoms with Crippen LogP contribution in [-0.2, 0) is 20.0 Å². The summed E-state index contributed by atoms with van der Waals surface area (Å²) in [4.78, 5) is 0.252. The topological polar surface area (TPSA) is 74.8 Å². The van der Waals surface area contributed by atoms with Crippen molar-refractivity contribution in [3.8, 4) is 0 Å². The number of hydrogen-bond acceptors (Lipinski definition) is 4. The third kappa shape index (κ3) is 4.12. The Bertz CT molecular complexity index is 1070. The van der Waals surface area contributed by atoms with E-state index in [0.717, 1.165) is 17.7 Å². The quantitative estimate of drug-likeness (QED) is 0.753. The molecule has 3 rings (SSSR count). The number of halogens is 1. The Balaban J connectivity index is 1.83. The SMILES string of the molecule is Cc1ccc(C)c(S(=O)(=O)N2CCCN(S(=O)(=O)c3ccc(F)cc3)CC2)c1. The van der Waals surface area contributed by atoms with Crippen LogP contribution in [0.5, 0.6) is 0 Å². The van der Waals surface area contributed by atoms with Gasteiger partial charge in [0, 0.05) is 26.2 Å². The second-order valence-corrected chi connectivity index (χ2v) is 10.7.